The van der Waals surface area contributed by atoms with Crippen LogP contribution in [0.1, 0.15) is 33.6 Å². The van der Waals surface area contributed by atoms with Crippen LogP contribution in [-0.4, -0.2) is 6.61 Å². The highest BCUT2D eigenvalue weighted by molar-refractivity contribution is 5.16. The maximum absolute atomic E-state index is 5.51. The fraction of sp³-hybridized carbons (Fsp3) is 0.538. The van der Waals surface area contributed by atoms with Crippen LogP contribution in [0.25, 0.3) is 0 Å². The number of rotatable bonds is 7. The first-order valence-electron chi connectivity index (χ1n) is 5.34. The normalized spacial score (nSPS) is 12.4. The maximum atomic E-state index is 5.51. The standard InChI is InChI=1S/C13H22O/c1-5-7-11-14-13(6-2)10-8-9-12(3)4/h6,8-10,12H,2,5,7,11H2,1,3-4H3/b9-8+,13-10+. The topological polar surface area (TPSA) is 9.23 Å². The van der Waals surface area contributed by atoms with Gasteiger partial charge in [0.1, 0.15) is 5.76 Å². The molecule has 0 spiro atoms. The van der Waals surface area contributed by atoms with Gasteiger partial charge < -0.3 is 4.74 Å². The quantitative estimate of drug-likeness (QED) is 0.337. The maximum Gasteiger partial charge on any atom is 0.118 e. The van der Waals surface area contributed by atoms with E-state index in [2.05, 4.69) is 33.4 Å². The van der Waals surface area contributed by atoms with E-state index >= 15 is 0 Å². The number of hydrogen-bond acceptors (Lipinski definition) is 1. The highest BCUT2D eigenvalue weighted by Gasteiger charge is 1.90. The molecule has 0 radical (unpaired) electrons. The molecule has 0 aliphatic carbocycles. The molecule has 14 heavy (non-hydrogen) atoms. The van der Waals surface area contributed by atoms with Crippen molar-refractivity contribution >= 4 is 0 Å². The van der Waals surface area contributed by atoms with Crippen LogP contribution in [-0.2, 0) is 4.74 Å². The lowest BCUT2D eigenvalue weighted by atomic mass is 10.2. The van der Waals surface area contributed by atoms with Crippen LogP contribution in [0, 0.1) is 5.92 Å². The first-order valence-corrected chi connectivity index (χ1v) is 5.34. The molecule has 0 aliphatic rings. The van der Waals surface area contributed by atoms with Crippen molar-refractivity contribution in [3.63, 3.8) is 0 Å². The Labute approximate surface area is 88.2 Å². The molecule has 0 saturated heterocycles. The Morgan fingerprint density at radius 3 is 2.64 bits per heavy atom. The van der Waals surface area contributed by atoms with Gasteiger partial charge in [-0.25, -0.2) is 0 Å². The van der Waals surface area contributed by atoms with Gasteiger partial charge in [-0.2, -0.15) is 0 Å². The molecule has 0 heterocycles. The second kappa shape index (κ2) is 8.61. The van der Waals surface area contributed by atoms with Gasteiger partial charge in [-0.15, -0.1) is 0 Å². The summed E-state index contributed by atoms with van der Waals surface area (Å²) in [5.41, 5.74) is 0. The minimum atomic E-state index is 0.577. The van der Waals surface area contributed by atoms with Crippen molar-refractivity contribution in [2.75, 3.05) is 6.61 Å². The van der Waals surface area contributed by atoms with Gasteiger partial charge in [0.25, 0.3) is 0 Å². The third-order valence-corrected chi connectivity index (χ3v) is 1.72. The van der Waals surface area contributed by atoms with Crippen molar-refractivity contribution < 1.29 is 4.74 Å². The summed E-state index contributed by atoms with van der Waals surface area (Å²) in [4.78, 5) is 0. The highest BCUT2D eigenvalue weighted by atomic mass is 16.5. The zero-order valence-corrected chi connectivity index (χ0v) is 9.62. The van der Waals surface area contributed by atoms with Gasteiger partial charge in [0.05, 0.1) is 6.61 Å². The zero-order chi connectivity index (χ0) is 10.8. The number of ether oxygens (including phenoxy) is 1. The van der Waals surface area contributed by atoms with E-state index in [1.54, 1.807) is 6.08 Å². The van der Waals surface area contributed by atoms with E-state index in [4.69, 9.17) is 4.74 Å². The molecule has 0 bridgehead atoms. The molecular weight excluding hydrogens is 172 g/mol. The summed E-state index contributed by atoms with van der Waals surface area (Å²) in [6, 6.07) is 0. The summed E-state index contributed by atoms with van der Waals surface area (Å²) in [6.45, 7) is 10.9. The van der Waals surface area contributed by atoms with Gasteiger partial charge in [-0.1, -0.05) is 45.9 Å². The number of hydrogen-bond donors (Lipinski definition) is 0. The van der Waals surface area contributed by atoms with Crippen molar-refractivity contribution in [3.8, 4) is 0 Å². The lowest BCUT2D eigenvalue weighted by Gasteiger charge is -2.04. The lowest BCUT2D eigenvalue weighted by molar-refractivity contribution is 0.219. The molecule has 0 rings (SSSR count). The largest absolute Gasteiger partial charge is 0.494 e. The van der Waals surface area contributed by atoms with E-state index in [1.165, 1.54) is 0 Å². The van der Waals surface area contributed by atoms with Crippen LogP contribution < -0.4 is 0 Å². The van der Waals surface area contributed by atoms with E-state index in [-0.39, 0.29) is 0 Å². The van der Waals surface area contributed by atoms with Gasteiger partial charge in [-0.3, -0.25) is 0 Å². The third kappa shape index (κ3) is 7.66. The molecule has 1 nitrogen and oxygen atoms in total. The van der Waals surface area contributed by atoms with Gasteiger partial charge in [0.2, 0.25) is 0 Å². The molecule has 0 amide bonds. The summed E-state index contributed by atoms with van der Waals surface area (Å²) < 4.78 is 5.51. The molecule has 0 aromatic rings. The molecule has 0 fully saturated rings. The molecule has 0 aromatic heterocycles. The smallest absolute Gasteiger partial charge is 0.118 e. The van der Waals surface area contributed by atoms with Crippen molar-refractivity contribution in [2.24, 2.45) is 5.92 Å². The van der Waals surface area contributed by atoms with E-state index in [0.717, 1.165) is 25.2 Å². The molecule has 0 aliphatic heterocycles. The second-order valence-corrected chi connectivity index (χ2v) is 3.60. The van der Waals surface area contributed by atoms with Crippen molar-refractivity contribution in [2.45, 2.75) is 33.6 Å². The lowest BCUT2D eigenvalue weighted by Crippen LogP contribution is -1.91. The van der Waals surface area contributed by atoms with E-state index in [9.17, 15) is 0 Å². The summed E-state index contributed by atoms with van der Waals surface area (Å²) in [7, 11) is 0. The molecule has 80 valence electrons. The highest BCUT2D eigenvalue weighted by Crippen LogP contribution is 2.02. The van der Waals surface area contributed by atoms with Gasteiger partial charge >= 0.3 is 0 Å². The van der Waals surface area contributed by atoms with Crippen molar-refractivity contribution in [3.05, 3.63) is 36.6 Å². The Morgan fingerprint density at radius 1 is 1.43 bits per heavy atom. The molecule has 0 saturated carbocycles. The van der Waals surface area contributed by atoms with Gasteiger partial charge in [-0.05, 0) is 24.5 Å². The Balaban J connectivity index is 3.92. The first-order chi connectivity index (χ1) is 6.70. The summed E-state index contributed by atoms with van der Waals surface area (Å²) in [6.07, 6.45) is 10.1. The van der Waals surface area contributed by atoms with E-state index in [0.29, 0.717) is 5.92 Å². The Bertz CT molecular complexity index is 199. The average molecular weight is 194 g/mol. The van der Waals surface area contributed by atoms with Crippen molar-refractivity contribution in [1.29, 1.82) is 0 Å². The predicted molar refractivity (Wildman–Crippen MR) is 63.1 cm³/mol. The monoisotopic (exact) mass is 194 g/mol. The van der Waals surface area contributed by atoms with Crippen LogP contribution in [0.2, 0.25) is 0 Å². The van der Waals surface area contributed by atoms with Crippen LogP contribution >= 0.6 is 0 Å². The summed E-state index contributed by atoms with van der Waals surface area (Å²) in [5.74, 6) is 1.43. The Kier molecular flexibility index (Phi) is 8.01. The van der Waals surface area contributed by atoms with Crippen molar-refractivity contribution in [1.82, 2.24) is 0 Å². The summed E-state index contributed by atoms with van der Waals surface area (Å²) in [5, 5.41) is 0. The molecule has 1 heteroatoms. The predicted octanol–water partition coefficient (Wildman–Crippen LogP) is 4.09. The Morgan fingerprint density at radius 2 is 2.14 bits per heavy atom. The average Bonchev–Trinajstić information content (AvgIpc) is 2.15. The molecular formula is C13H22O. The fourth-order valence-corrected chi connectivity index (χ4v) is 0.882. The zero-order valence-electron chi connectivity index (χ0n) is 9.62. The molecule has 0 aromatic carbocycles. The SMILES string of the molecule is C=C/C(=C\C=C\C(C)C)OCCCC. The van der Waals surface area contributed by atoms with Gasteiger partial charge in [0, 0.05) is 0 Å². The van der Waals surface area contributed by atoms with E-state index in [1.807, 2.05) is 12.2 Å². The van der Waals surface area contributed by atoms with E-state index < -0.39 is 0 Å². The minimum Gasteiger partial charge on any atom is -0.494 e. The molecule has 0 N–H and O–H groups in total. The fourth-order valence-electron chi connectivity index (χ4n) is 0.882. The van der Waals surface area contributed by atoms with Crippen LogP contribution in [0.3, 0.4) is 0 Å². The van der Waals surface area contributed by atoms with Crippen LogP contribution in [0.15, 0.2) is 36.6 Å². The minimum absolute atomic E-state index is 0.577. The first kappa shape index (κ1) is 13.0. The molecule has 0 atom stereocenters. The molecule has 0 unspecified atom stereocenters. The van der Waals surface area contributed by atoms with Crippen LogP contribution in [0.4, 0.5) is 0 Å². The third-order valence-electron chi connectivity index (χ3n) is 1.72. The Hall–Kier alpha value is -0.980. The second-order valence-electron chi connectivity index (χ2n) is 3.60. The van der Waals surface area contributed by atoms with Gasteiger partial charge in [0.15, 0.2) is 0 Å². The van der Waals surface area contributed by atoms with Crippen LogP contribution in [0.5, 0.6) is 0 Å². The number of unbranched alkanes of at least 4 members (excludes halogenated alkanes) is 1. The summed E-state index contributed by atoms with van der Waals surface area (Å²) >= 11 is 0. The number of allylic oxidation sites excluding steroid dienone is 4.